The highest BCUT2D eigenvalue weighted by Crippen LogP contribution is 2.29. The van der Waals surface area contributed by atoms with E-state index >= 15 is 0 Å². The van der Waals surface area contributed by atoms with Crippen LogP contribution in [0.15, 0.2) is 18.2 Å². The van der Waals surface area contributed by atoms with Gasteiger partial charge in [0.05, 0.1) is 0 Å². The van der Waals surface area contributed by atoms with Gasteiger partial charge in [0.15, 0.2) is 0 Å². The van der Waals surface area contributed by atoms with Crippen molar-refractivity contribution < 1.29 is 14.3 Å². The summed E-state index contributed by atoms with van der Waals surface area (Å²) in [5, 5.41) is 9.10. The summed E-state index contributed by atoms with van der Waals surface area (Å²) in [4.78, 5) is 10.8. The van der Waals surface area contributed by atoms with Crippen LogP contribution in [0.25, 0.3) is 10.1 Å². The highest BCUT2D eigenvalue weighted by Gasteiger charge is 2.13. The Kier molecular flexibility index (Phi) is 2.42. The van der Waals surface area contributed by atoms with Crippen LogP contribution in [0, 0.1) is 5.82 Å². The van der Waals surface area contributed by atoms with Crippen LogP contribution in [0.3, 0.4) is 0 Å². The van der Waals surface area contributed by atoms with E-state index in [4.69, 9.17) is 10.8 Å². The number of fused-ring (bicyclic) bond motifs is 1. The van der Waals surface area contributed by atoms with Crippen LogP contribution in [0.5, 0.6) is 0 Å². The summed E-state index contributed by atoms with van der Waals surface area (Å²) in [5.74, 6) is -1.45. The number of rotatable bonds is 2. The number of thiophene rings is 1. The largest absolute Gasteiger partial charge is 0.477 e. The molecule has 15 heavy (non-hydrogen) atoms. The summed E-state index contributed by atoms with van der Waals surface area (Å²) in [5.41, 5.74) is 5.76. The summed E-state index contributed by atoms with van der Waals surface area (Å²) < 4.78 is 14.3. The predicted octanol–water partition coefficient (Wildman–Crippen LogP) is 2.20. The Balaban J connectivity index is 2.71. The molecule has 3 N–H and O–H groups in total. The smallest absolute Gasteiger partial charge is 0.345 e. The second-order valence-corrected chi connectivity index (χ2v) is 4.15. The van der Waals surface area contributed by atoms with Gasteiger partial charge in [-0.2, -0.15) is 0 Å². The molecule has 5 heteroatoms. The second-order valence-electron chi connectivity index (χ2n) is 3.07. The van der Waals surface area contributed by atoms with E-state index in [9.17, 15) is 9.18 Å². The summed E-state index contributed by atoms with van der Waals surface area (Å²) in [6.45, 7) is 0.111. The van der Waals surface area contributed by atoms with Gasteiger partial charge in [-0.25, -0.2) is 9.18 Å². The first-order valence-corrected chi connectivity index (χ1v) is 5.09. The first-order chi connectivity index (χ1) is 7.13. The van der Waals surface area contributed by atoms with E-state index in [0.717, 1.165) is 11.3 Å². The fourth-order valence-corrected chi connectivity index (χ4v) is 2.28. The van der Waals surface area contributed by atoms with Crippen molar-refractivity contribution in [2.75, 3.05) is 0 Å². The molecule has 1 aromatic heterocycles. The first kappa shape index (κ1) is 10.1. The minimum Gasteiger partial charge on any atom is -0.477 e. The van der Waals surface area contributed by atoms with Crippen molar-refractivity contribution in [3.63, 3.8) is 0 Å². The van der Waals surface area contributed by atoms with Gasteiger partial charge in [-0.15, -0.1) is 11.3 Å². The number of carbonyl (C=O) groups is 1. The van der Waals surface area contributed by atoms with E-state index in [2.05, 4.69) is 0 Å². The molecule has 0 spiro atoms. The SMILES string of the molecule is NCc1ccc2sc(C(=O)O)cc2c1F. The Hall–Kier alpha value is -1.46. The fourth-order valence-electron chi connectivity index (χ4n) is 1.39. The molecule has 0 amide bonds. The van der Waals surface area contributed by atoms with Gasteiger partial charge in [0.1, 0.15) is 10.7 Å². The molecule has 0 aliphatic rings. The summed E-state index contributed by atoms with van der Waals surface area (Å²) in [6, 6.07) is 4.62. The monoisotopic (exact) mass is 225 g/mol. The number of nitrogens with two attached hydrogens (primary N) is 1. The Morgan fingerprint density at radius 1 is 1.53 bits per heavy atom. The number of hydrogen-bond acceptors (Lipinski definition) is 3. The van der Waals surface area contributed by atoms with E-state index in [0.29, 0.717) is 15.6 Å². The molecule has 1 heterocycles. The highest BCUT2D eigenvalue weighted by atomic mass is 32.1. The Morgan fingerprint density at radius 3 is 2.87 bits per heavy atom. The Bertz CT molecular complexity index is 535. The van der Waals surface area contributed by atoms with Gasteiger partial charge in [-0.1, -0.05) is 6.07 Å². The van der Waals surface area contributed by atoms with Crippen molar-refractivity contribution in [2.45, 2.75) is 6.54 Å². The summed E-state index contributed by atoms with van der Waals surface area (Å²) >= 11 is 1.06. The lowest BCUT2D eigenvalue weighted by Gasteiger charge is -1.99. The molecule has 0 unspecified atom stereocenters. The lowest BCUT2D eigenvalue weighted by atomic mass is 10.1. The van der Waals surface area contributed by atoms with Crippen molar-refractivity contribution in [3.8, 4) is 0 Å². The molecule has 0 aliphatic heterocycles. The lowest BCUT2D eigenvalue weighted by Crippen LogP contribution is -1.99. The standard InChI is InChI=1S/C10H8FNO2S/c11-9-5(4-12)1-2-7-6(9)3-8(15-7)10(13)14/h1-3H,4,12H2,(H,13,14). The topological polar surface area (TPSA) is 63.3 Å². The minimum atomic E-state index is -1.04. The third-order valence-electron chi connectivity index (χ3n) is 2.15. The van der Waals surface area contributed by atoms with E-state index in [-0.39, 0.29) is 11.4 Å². The van der Waals surface area contributed by atoms with Gasteiger partial charge in [0.25, 0.3) is 0 Å². The Labute approximate surface area is 88.9 Å². The van der Waals surface area contributed by atoms with Crippen LogP contribution in [-0.4, -0.2) is 11.1 Å². The normalized spacial score (nSPS) is 10.8. The van der Waals surface area contributed by atoms with Gasteiger partial charge in [0.2, 0.25) is 0 Å². The van der Waals surface area contributed by atoms with Crippen LogP contribution in [-0.2, 0) is 6.54 Å². The van der Waals surface area contributed by atoms with E-state index in [1.54, 1.807) is 12.1 Å². The number of hydrogen-bond donors (Lipinski definition) is 2. The molecule has 0 fully saturated rings. The van der Waals surface area contributed by atoms with Crippen molar-refractivity contribution in [3.05, 3.63) is 34.5 Å². The van der Waals surface area contributed by atoms with E-state index < -0.39 is 11.8 Å². The lowest BCUT2D eigenvalue weighted by molar-refractivity contribution is 0.0702. The molecule has 3 nitrogen and oxygen atoms in total. The van der Waals surface area contributed by atoms with Crippen LogP contribution in [0.2, 0.25) is 0 Å². The molecule has 2 rings (SSSR count). The Morgan fingerprint density at radius 2 is 2.27 bits per heavy atom. The molecule has 0 saturated heterocycles. The summed E-state index contributed by atoms with van der Waals surface area (Å²) in [6.07, 6.45) is 0. The molecule has 0 bridgehead atoms. The highest BCUT2D eigenvalue weighted by molar-refractivity contribution is 7.20. The fraction of sp³-hybridized carbons (Fsp3) is 0.100. The van der Waals surface area contributed by atoms with Gasteiger partial charge < -0.3 is 10.8 Å². The molecule has 0 aliphatic carbocycles. The molecule has 1 aromatic carbocycles. The van der Waals surface area contributed by atoms with Gasteiger partial charge in [-0.05, 0) is 12.1 Å². The molecule has 2 aromatic rings. The zero-order chi connectivity index (χ0) is 11.0. The minimum absolute atomic E-state index is 0.111. The number of halogens is 1. The van der Waals surface area contributed by atoms with Crippen molar-refractivity contribution >= 4 is 27.4 Å². The number of carboxylic acids is 1. The van der Waals surface area contributed by atoms with Crippen LogP contribution < -0.4 is 5.73 Å². The summed E-state index contributed by atoms with van der Waals surface area (Å²) in [7, 11) is 0. The van der Waals surface area contributed by atoms with E-state index in [1.165, 1.54) is 6.07 Å². The molecule has 78 valence electrons. The third-order valence-corrected chi connectivity index (χ3v) is 3.23. The van der Waals surface area contributed by atoms with Gasteiger partial charge in [0, 0.05) is 22.2 Å². The van der Waals surface area contributed by atoms with Crippen LogP contribution >= 0.6 is 11.3 Å². The maximum absolute atomic E-state index is 13.7. The zero-order valence-corrected chi connectivity index (χ0v) is 8.47. The third kappa shape index (κ3) is 1.60. The van der Waals surface area contributed by atoms with Crippen LogP contribution in [0.1, 0.15) is 15.2 Å². The zero-order valence-electron chi connectivity index (χ0n) is 7.66. The second kappa shape index (κ2) is 3.60. The van der Waals surface area contributed by atoms with Crippen molar-refractivity contribution in [2.24, 2.45) is 5.73 Å². The maximum atomic E-state index is 13.7. The predicted molar refractivity (Wildman–Crippen MR) is 56.6 cm³/mol. The molecular weight excluding hydrogens is 217 g/mol. The average Bonchev–Trinajstić information content (AvgIpc) is 2.63. The van der Waals surface area contributed by atoms with Gasteiger partial charge in [-0.3, -0.25) is 0 Å². The molecular formula is C10H8FNO2S. The quantitative estimate of drug-likeness (QED) is 0.823. The first-order valence-electron chi connectivity index (χ1n) is 4.27. The number of benzene rings is 1. The number of carboxylic acid groups (broad SMARTS) is 1. The van der Waals surface area contributed by atoms with Crippen LogP contribution in [0.4, 0.5) is 4.39 Å². The maximum Gasteiger partial charge on any atom is 0.345 e. The molecule has 0 atom stereocenters. The average molecular weight is 225 g/mol. The van der Waals surface area contributed by atoms with Crippen molar-refractivity contribution in [1.82, 2.24) is 0 Å². The molecule has 0 radical (unpaired) electrons. The molecule has 0 saturated carbocycles. The van der Waals surface area contributed by atoms with E-state index in [1.807, 2.05) is 0 Å². The van der Waals surface area contributed by atoms with Crippen molar-refractivity contribution in [1.29, 1.82) is 0 Å². The van der Waals surface area contributed by atoms with Gasteiger partial charge >= 0.3 is 5.97 Å². The number of aromatic carboxylic acids is 1.